The van der Waals surface area contributed by atoms with Crippen molar-refractivity contribution in [2.75, 3.05) is 0 Å². The highest BCUT2D eigenvalue weighted by atomic mass is 16.1. The number of Topliss-reactive ketones (excluding diaryl/α,β-unsaturated/α-hetero) is 1. The molecule has 0 saturated carbocycles. The van der Waals surface area contributed by atoms with Crippen molar-refractivity contribution >= 4 is 16.8 Å². The van der Waals surface area contributed by atoms with Gasteiger partial charge in [-0.3, -0.25) is 4.79 Å². The van der Waals surface area contributed by atoms with Gasteiger partial charge in [0.25, 0.3) is 0 Å². The number of aromatic nitrogens is 3. The predicted molar refractivity (Wildman–Crippen MR) is 55.9 cm³/mol. The van der Waals surface area contributed by atoms with Crippen molar-refractivity contribution in [1.82, 2.24) is 15.0 Å². The Morgan fingerprint density at radius 2 is 2.00 bits per heavy atom. The molecular weight excluding hydrogens is 190 g/mol. The number of hydrogen-bond donors (Lipinski definition) is 0. The monoisotopic (exact) mass is 201 g/mol. The molecule has 76 valence electrons. The van der Waals surface area contributed by atoms with Gasteiger partial charge < -0.3 is 0 Å². The van der Waals surface area contributed by atoms with Crippen molar-refractivity contribution in [1.29, 1.82) is 0 Å². The van der Waals surface area contributed by atoms with Gasteiger partial charge in [0.2, 0.25) is 0 Å². The second-order valence-corrected chi connectivity index (χ2v) is 4.03. The predicted octanol–water partition coefficient (Wildman–Crippen LogP) is 1.41. The Morgan fingerprint density at radius 3 is 2.80 bits per heavy atom. The molecule has 0 radical (unpaired) electrons. The molecule has 1 aliphatic carbocycles. The van der Waals surface area contributed by atoms with Gasteiger partial charge in [-0.05, 0) is 30.5 Å². The average Bonchev–Trinajstić information content (AvgIpc) is 2.71. The quantitative estimate of drug-likeness (QED) is 0.647. The van der Waals surface area contributed by atoms with Crippen LogP contribution in [0.5, 0.6) is 0 Å². The van der Waals surface area contributed by atoms with Crippen molar-refractivity contribution in [3.8, 4) is 0 Å². The second-order valence-electron chi connectivity index (χ2n) is 4.03. The highest BCUT2D eigenvalue weighted by Gasteiger charge is 2.24. The maximum absolute atomic E-state index is 11.6. The minimum absolute atomic E-state index is 0.237. The average molecular weight is 201 g/mol. The van der Waals surface area contributed by atoms with Crippen LogP contribution in [-0.4, -0.2) is 20.8 Å². The van der Waals surface area contributed by atoms with Gasteiger partial charge in [-0.1, -0.05) is 0 Å². The molecule has 1 aromatic carbocycles. The van der Waals surface area contributed by atoms with Gasteiger partial charge in [0.05, 0.1) is 0 Å². The lowest BCUT2D eigenvalue weighted by Crippen LogP contribution is -1.93. The number of carbonyl (C=O) groups is 1. The Kier molecular flexibility index (Phi) is 1.52. The van der Waals surface area contributed by atoms with E-state index in [1.807, 2.05) is 20.0 Å². The molecule has 0 fully saturated rings. The summed E-state index contributed by atoms with van der Waals surface area (Å²) in [4.78, 5) is 13.2. The number of carbonyl (C=O) groups excluding carboxylic acids is 1. The van der Waals surface area contributed by atoms with E-state index in [1.54, 1.807) is 4.80 Å². The fourth-order valence-corrected chi connectivity index (χ4v) is 2.25. The van der Waals surface area contributed by atoms with Gasteiger partial charge in [0.1, 0.15) is 11.0 Å². The van der Waals surface area contributed by atoms with E-state index in [2.05, 4.69) is 10.2 Å². The first-order valence-electron chi connectivity index (χ1n) is 5.03. The van der Waals surface area contributed by atoms with E-state index in [0.29, 0.717) is 6.42 Å². The Bertz CT molecular complexity index is 583. The molecule has 0 bridgehead atoms. The maximum atomic E-state index is 11.6. The molecule has 0 aliphatic heterocycles. The molecule has 2 aromatic rings. The van der Waals surface area contributed by atoms with Crippen LogP contribution in [0, 0.1) is 6.92 Å². The van der Waals surface area contributed by atoms with Crippen LogP contribution in [0.1, 0.15) is 27.9 Å². The molecule has 15 heavy (non-hydrogen) atoms. The molecule has 0 N–H and O–H groups in total. The first-order chi connectivity index (χ1) is 7.16. The molecule has 4 nitrogen and oxygen atoms in total. The second kappa shape index (κ2) is 2.66. The standard InChI is InChI=1S/C11H11N3O/c1-6-5-8-7(3-4-9(8)15)11-10(6)12-14(2)13-11/h5H,3-4H2,1-2H3. The topological polar surface area (TPSA) is 47.8 Å². The molecule has 4 heteroatoms. The van der Waals surface area contributed by atoms with Crippen LogP contribution in [0.3, 0.4) is 0 Å². The van der Waals surface area contributed by atoms with Crippen LogP contribution in [0.2, 0.25) is 0 Å². The summed E-state index contributed by atoms with van der Waals surface area (Å²) >= 11 is 0. The third-order valence-electron chi connectivity index (χ3n) is 2.96. The number of benzene rings is 1. The number of rotatable bonds is 0. The van der Waals surface area contributed by atoms with Crippen LogP contribution in [0.25, 0.3) is 11.0 Å². The van der Waals surface area contributed by atoms with Crippen LogP contribution < -0.4 is 0 Å². The van der Waals surface area contributed by atoms with Gasteiger partial charge in [-0.2, -0.15) is 15.0 Å². The van der Waals surface area contributed by atoms with Gasteiger partial charge in [-0.25, -0.2) is 0 Å². The van der Waals surface area contributed by atoms with Crippen LogP contribution in [0.4, 0.5) is 0 Å². The first kappa shape index (κ1) is 8.59. The van der Waals surface area contributed by atoms with E-state index in [-0.39, 0.29) is 5.78 Å². The maximum Gasteiger partial charge on any atom is 0.163 e. The third kappa shape index (κ3) is 1.04. The molecule has 0 spiro atoms. The largest absolute Gasteiger partial charge is 0.294 e. The van der Waals surface area contributed by atoms with Crippen molar-refractivity contribution in [2.24, 2.45) is 7.05 Å². The van der Waals surface area contributed by atoms with Crippen LogP contribution >= 0.6 is 0 Å². The Morgan fingerprint density at radius 1 is 1.27 bits per heavy atom. The lowest BCUT2D eigenvalue weighted by Gasteiger charge is -2.00. The van der Waals surface area contributed by atoms with E-state index < -0.39 is 0 Å². The molecule has 0 unspecified atom stereocenters. The van der Waals surface area contributed by atoms with E-state index in [9.17, 15) is 4.79 Å². The Labute approximate surface area is 86.9 Å². The summed E-state index contributed by atoms with van der Waals surface area (Å²) in [5, 5.41) is 8.64. The minimum atomic E-state index is 0.237. The van der Waals surface area contributed by atoms with E-state index in [4.69, 9.17) is 0 Å². The van der Waals surface area contributed by atoms with Crippen molar-refractivity contribution in [3.05, 3.63) is 22.8 Å². The van der Waals surface area contributed by atoms with Gasteiger partial charge >= 0.3 is 0 Å². The number of nitrogens with zero attached hydrogens (tertiary/aromatic N) is 3. The van der Waals surface area contributed by atoms with E-state index in [0.717, 1.165) is 34.1 Å². The molecule has 1 heterocycles. The smallest absolute Gasteiger partial charge is 0.163 e. The zero-order valence-electron chi connectivity index (χ0n) is 8.74. The third-order valence-corrected chi connectivity index (χ3v) is 2.96. The lowest BCUT2D eigenvalue weighted by molar-refractivity contribution is 0.0994. The van der Waals surface area contributed by atoms with Gasteiger partial charge in [0.15, 0.2) is 5.78 Å². The molecule has 1 aromatic heterocycles. The lowest BCUT2D eigenvalue weighted by atomic mass is 10.0. The SMILES string of the molecule is Cc1cc2c(c3nn(C)nc13)CCC2=O. The molecule has 0 saturated heterocycles. The van der Waals surface area contributed by atoms with Crippen LogP contribution in [-0.2, 0) is 13.5 Å². The molecular formula is C11H11N3O. The number of ketones is 1. The summed E-state index contributed by atoms with van der Waals surface area (Å²) < 4.78 is 0. The summed E-state index contributed by atoms with van der Waals surface area (Å²) in [7, 11) is 1.81. The Balaban J connectivity index is 2.47. The van der Waals surface area contributed by atoms with E-state index in [1.165, 1.54) is 0 Å². The first-order valence-corrected chi connectivity index (χ1v) is 5.03. The molecule has 3 rings (SSSR count). The highest BCUT2D eigenvalue weighted by Crippen LogP contribution is 2.29. The Hall–Kier alpha value is -1.71. The summed E-state index contributed by atoms with van der Waals surface area (Å²) in [6.45, 7) is 1.98. The summed E-state index contributed by atoms with van der Waals surface area (Å²) in [5.74, 6) is 0.237. The summed E-state index contributed by atoms with van der Waals surface area (Å²) in [6, 6.07) is 1.95. The normalized spacial score (nSPS) is 14.9. The molecule has 0 amide bonds. The highest BCUT2D eigenvalue weighted by molar-refractivity contribution is 6.05. The van der Waals surface area contributed by atoms with Crippen molar-refractivity contribution < 1.29 is 4.79 Å². The summed E-state index contributed by atoms with van der Waals surface area (Å²) in [6.07, 6.45) is 1.42. The van der Waals surface area contributed by atoms with Gasteiger partial charge in [0, 0.05) is 19.0 Å². The van der Waals surface area contributed by atoms with Crippen molar-refractivity contribution in [3.63, 3.8) is 0 Å². The van der Waals surface area contributed by atoms with Crippen LogP contribution in [0.15, 0.2) is 6.07 Å². The zero-order valence-corrected chi connectivity index (χ0v) is 8.74. The van der Waals surface area contributed by atoms with Crippen molar-refractivity contribution in [2.45, 2.75) is 19.8 Å². The zero-order chi connectivity index (χ0) is 10.6. The minimum Gasteiger partial charge on any atom is -0.294 e. The number of aryl methyl sites for hydroxylation is 3. The van der Waals surface area contributed by atoms with Gasteiger partial charge in [-0.15, -0.1) is 0 Å². The fourth-order valence-electron chi connectivity index (χ4n) is 2.25. The molecule has 1 aliphatic rings. The summed E-state index contributed by atoms with van der Waals surface area (Å²) in [5.41, 5.74) is 4.78. The fraction of sp³-hybridized carbons (Fsp3) is 0.364. The van der Waals surface area contributed by atoms with E-state index >= 15 is 0 Å². The molecule has 0 atom stereocenters. The number of fused-ring (bicyclic) bond motifs is 3. The number of hydrogen-bond acceptors (Lipinski definition) is 3.